The van der Waals surface area contributed by atoms with Crippen molar-refractivity contribution in [2.75, 3.05) is 0 Å². The van der Waals surface area contributed by atoms with Crippen LogP contribution in [0.1, 0.15) is 37.7 Å². The van der Waals surface area contributed by atoms with Gasteiger partial charge in [-0.3, -0.25) is 4.79 Å². The van der Waals surface area contributed by atoms with Crippen LogP contribution in [-0.2, 0) is 17.8 Å². The van der Waals surface area contributed by atoms with Crippen molar-refractivity contribution in [2.45, 2.75) is 45.6 Å². The van der Waals surface area contributed by atoms with E-state index in [0.29, 0.717) is 12.1 Å². The molecule has 0 aliphatic carbocycles. The summed E-state index contributed by atoms with van der Waals surface area (Å²) in [4.78, 5) is 17.0. The summed E-state index contributed by atoms with van der Waals surface area (Å²) in [5, 5.41) is 2.88. The first kappa shape index (κ1) is 20.7. The second kappa shape index (κ2) is 8.55. The van der Waals surface area contributed by atoms with Crippen molar-refractivity contribution in [3.05, 3.63) is 59.9 Å². The molecule has 0 radical (unpaired) electrons. The van der Waals surface area contributed by atoms with Gasteiger partial charge in [-0.05, 0) is 44.0 Å². The number of nitrogens with one attached hydrogen (secondary N) is 1. The lowest BCUT2D eigenvalue weighted by atomic mass is 10.1. The fourth-order valence-corrected chi connectivity index (χ4v) is 3.32. The molecule has 0 aliphatic rings. The first-order valence-corrected chi connectivity index (χ1v) is 9.36. The summed E-state index contributed by atoms with van der Waals surface area (Å²) < 4.78 is 43.7. The van der Waals surface area contributed by atoms with E-state index in [1.54, 1.807) is 6.07 Å². The third kappa shape index (κ3) is 5.07. The number of fused-ring (bicyclic) bond motifs is 1. The van der Waals surface area contributed by atoms with Crippen LogP contribution in [0.15, 0.2) is 48.5 Å². The molecule has 154 valence electrons. The third-order valence-electron chi connectivity index (χ3n) is 4.58. The number of hydrogen-bond acceptors (Lipinski definition) is 3. The molecule has 1 atom stereocenters. The van der Waals surface area contributed by atoms with Gasteiger partial charge >= 0.3 is 6.36 Å². The van der Waals surface area contributed by atoms with Crippen molar-refractivity contribution in [3.63, 3.8) is 0 Å². The fraction of sp³-hybridized carbons (Fsp3) is 0.333. The molecule has 29 heavy (non-hydrogen) atoms. The summed E-state index contributed by atoms with van der Waals surface area (Å²) in [5.74, 6) is 0.186. The predicted molar refractivity (Wildman–Crippen MR) is 103 cm³/mol. The molecule has 1 aromatic heterocycles. The summed E-state index contributed by atoms with van der Waals surface area (Å²) in [7, 11) is 0. The second-order valence-electron chi connectivity index (χ2n) is 6.65. The van der Waals surface area contributed by atoms with E-state index >= 15 is 0 Å². The number of para-hydroxylation sites is 3. The number of benzene rings is 2. The highest BCUT2D eigenvalue weighted by molar-refractivity contribution is 5.78. The van der Waals surface area contributed by atoms with Gasteiger partial charge in [0.05, 0.1) is 17.1 Å². The van der Waals surface area contributed by atoms with Gasteiger partial charge in [0.1, 0.15) is 11.6 Å². The maximum atomic E-state index is 12.5. The molecule has 0 aliphatic heterocycles. The molecule has 0 saturated carbocycles. The minimum Gasteiger partial charge on any atom is -0.406 e. The Labute approximate surface area is 166 Å². The van der Waals surface area contributed by atoms with Gasteiger partial charge in [0, 0.05) is 13.0 Å². The molecule has 1 heterocycles. The molecule has 2 aromatic carbocycles. The molecule has 0 fully saturated rings. The van der Waals surface area contributed by atoms with Gasteiger partial charge in [-0.25, -0.2) is 4.98 Å². The van der Waals surface area contributed by atoms with Crippen molar-refractivity contribution in [2.24, 2.45) is 0 Å². The van der Waals surface area contributed by atoms with Crippen LogP contribution in [0.4, 0.5) is 13.2 Å². The molecule has 0 spiro atoms. The molecule has 1 amide bonds. The van der Waals surface area contributed by atoms with E-state index in [1.807, 2.05) is 42.7 Å². The monoisotopic (exact) mass is 405 g/mol. The number of halogens is 3. The smallest absolute Gasteiger partial charge is 0.406 e. The van der Waals surface area contributed by atoms with Gasteiger partial charge < -0.3 is 14.6 Å². The molecule has 1 N–H and O–H groups in total. The highest BCUT2D eigenvalue weighted by atomic mass is 19.4. The molecule has 0 bridgehead atoms. The molecule has 3 rings (SSSR count). The zero-order valence-electron chi connectivity index (χ0n) is 16.2. The number of alkyl halides is 3. The largest absolute Gasteiger partial charge is 0.573 e. The average Bonchev–Trinajstić information content (AvgIpc) is 3.05. The van der Waals surface area contributed by atoms with Crippen molar-refractivity contribution < 1.29 is 22.7 Å². The minimum atomic E-state index is -4.77. The van der Waals surface area contributed by atoms with Gasteiger partial charge in [-0.15, -0.1) is 13.2 Å². The molecular weight excluding hydrogens is 383 g/mol. The Bertz CT molecular complexity index is 998. The van der Waals surface area contributed by atoms with E-state index in [-0.39, 0.29) is 30.5 Å². The van der Waals surface area contributed by atoms with Crippen molar-refractivity contribution >= 4 is 16.9 Å². The number of carbonyl (C=O) groups is 1. The van der Waals surface area contributed by atoms with E-state index in [9.17, 15) is 18.0 Å². The molecule has 1 unspecified atom stereocenters. The summed E-state index contributed by atoms with van der Waals surface area (Å²) >= 11 is 0. The first-order valence-electron chi connectivity index (χ1n) is 9.36. The number of rotatable bonds is 7. The molecule has 0 saturated heterocycles. The molecular formula is C21H22F3N3O2. The number of aromatic nitrogens is 2. The Morgan fingerprint density at radius 2 is 1.86 bits per heavy atom. The van der Waals surface area contributed by atoms with Crippen molar-refractivity contribution in [1.29, 1.82) is 0 Å². The normalized spacial score (nSPS) is 12.7. The summed E-state index contributed by atoms with van der Waals surface area (Å²) in [6.07, 6.45) is -4.60. The van der Waals surface area contributed by atoms with Crippen LogP contribution in [0.2, 0.25) is 0 Å². The maximum Gasteiger partial charge on any atom is 0.573 e. The van der Waals surface area contributed by atoms with E-state index < -0.39 is 6.36 Å². The fourth-order valence-electron chi connectivity index (χ4n) is 3.32. The van der Waals surface area contributed by atoms with Crippen LogP contribution >= 0.6 is 0 Å². The number of imidazole rings is 1. The van der Waals surface area contributed by atoms with E-state index in [1.165, 1.54) is 18.2 Å². The number of ether oxygens (including phenoxy) is 1. The number of amides is 1. The average molecular weight is 405 g/mol. The van der Waals surface area contributed by atoms with Crippen LogP contribution in [0.3, 0.4) is 0 Å². The van der Waals surface area contributed by atoms with Crippen LogP contribution < -0.4 is 10.1 Å². The number of carbonyl (C=O) groups excluding carboxylic acids is 1. The lowest BCUT2D eigenvalue weighted by molar-refractivity contribution is -0.274. The molecule has 8 heteroatoms. The van der Waals surface area contributed by atoms with Gasteiger partial charge in [0.25, 0.3) is 0 Å². The van der Waals surface area contributed by atoms with E-state index in [4.69, 9.17) is 0 Å². The van der Waals surface area contributed by atoms with Gasteiger partial charge in [0.2, 0.25) is 5.91 Å². The standard InChI is InChI=1S/C21H22F3N3O2/c1-3-27-17-10-6-5-9-16(17)26-20(27)14(2)25-19(28)13-12-15-8-4-7-11-18(15)29-21(22,23)24/h4-11,14H,3,12-13H2,1-2H3,(H,25,28). The van der Waals surface area contributed by atoms with Crippen molar-refractivity contribution in [1.82, 2.24) is 14.9 Å². The lowest BCUT2D eigenvalue weighted by Crippen LogP contribution is -2.29. The zero-order valence-corrected chi connectivity index (χ0v) is 16.2. The Morgan fingerprint density at radius 1 is 1.17 bits per heavy atom. The minimum absolute atomic E-state index is 0.0366. The Balaban J connectivity index is 1.66. The third-order valence-corrected chi connectivity index (χ3v) is 4.58. The molecule has 5 nitrogen and oxygen atoms in total. The number of nitrogens with zero attached hydrogens (tertiary/aromatic N) is 2. The lowest BCUT2D eigenvalue weighted by Gasteiger charge is -2.16. The Hall–Kier alpha value is -3.03. The van der Waals surface area contributed by atoms with Crippen LogP contribution in [-0.4, -0.2) is 21.8 Å². The first-order chi connectivity index (χ1) is 13.8. The van der Waals surface area contributed by atoms with Crippen molar-refractivity contribution in [3.8, 4) is 5.75 Å². The SMILES string of the molecule is CCn1c(C(C)NC(=O)CCc2ccccc2OC(F)(F)F)nc2ccccc21. The Morgan fingerprint density at radius 3 is 2.59 bits per heavy atom. The highest BCUT2D eigenvalue weighted by Crippen LogP contribution is 2.27. The topological polar surface area (TPSA) is 56.2 Å². The van der Waals surface area contributed by atoms with Gasteiger partial charge in [-0.2, -0.15) is 0 Å². The van der Waals surface area contributed by atoms with Crippen LogP contribution in [0, 0.1) is 0 Å². The predicted octanol–water partition coefficient (Wildman–Crippen LogP) is 4.76. The van der Waals surface area contributed by atoms with Crippen LogP contribution in [0.25, 0.3) is 11.0 Å². The van der Waals surface area contributed by atoms with Gasteiger partial charge in [0.15, 0.2) is 0 Å². The Kier molecular flexibility index (Phi) is 6.10. The number of hydrogen-bond donors (Lipinski definition) is 1. The number of aryl methyl sites for hydroxylation is 2. The maximum absolute atomic E-state index is 12.5. The van der Waals surface area contributed by atoms with E-state index in [2.05, 4.69) is 15.0 Å². The summed E-state index contributed by atoms with van der Waals surface area (Å²) in [6, 6.07) is 13.2. The summed E-state index contributed by atoms with van der Waals surface area (Å²) in [5.41, 5.74) is 2.17. The van der Waals surface area contributed by atoms with Crippen LogP contribution in [0.5, 0.6) is 5.75 Å². The second-order valence-corrected chi connectivity index (χ2v) is 6.65. The van der Waals surface area contributed by atoms with Gasteiger partial charge in [-0.1, -0.05) is 30.3 Å². The summed E-state index contributed by atoms with van der Waals surface area (Å²) in [6.45, 7) is 4.55. The molecule has 3 aromatic rings. The zero-order chi connectivity index (χ0) is 21.0. The van der Waals surface area contributed by atoms with E-state index in [0.717, 1.165) is 16.9 Å². The quantitative estimate of drug-likeness (QED) is 0.616. The highest BCUT2D eigenvalue weighted by Gasteiger charge is 2.32.